The maximum absolute atomic E-state index is 12.3. The molecule has 0 aromatic carbocycles. The van der Waals surface area contributed by atoms with E-state index in [0.717, 1.165) is 74.9 Å². The van der Waals surface area contributed by atoms with Crippen molar-refractivity contribution >= 4 is 29.6 Å². The molecule has 2 saturated heterocycles. The Hall–Kier alpha value is -2.91. The average molecular weight is 498 g/mol. The molecule has 10 nitrogen and oxygen atoms in total. The Morgan fingerprint density at radius 2 is 1.92 bits per heavy atom. The van der Waals surface area contributed by atoms with Gasteiger partial charge in [-0.15, -0.1) is 0 Å². The molecule has 3 N–H and O–H groups in total. The number of nitrogens with zero attached hydrogens (tertiary/aromatic N) is 5. The van der Waals surface area contributed by atoms with Crippen molar-refractivity contribution < 1.29 is 14.7 Å². The molecule has 1 spiro atoms. The number of aliphatic imine (C=N–C) groups is 1. The zero-order valence-electron chi connectivity index (χ0n) is 21.9. The predicted molar refractivity (Wildman–Crippen MR) is 139 cm³/mol. The van der Waals surface area contributed by atoms with Gasteiger partial charge in [0.25, 0.3) is 5.91 Å². The fourth-order valence-electron chi connectivity index (χ4n) is 6.09. The standard InChI is InChI=1S/C26H39N7O3/c1-16(2)11-17(12-20-29-22(34)25(3,4)31-20)27-21-18-7-5-6-8-19(18)28-23(30-21)32-10-9-26(13-32)14-33(15-26)24(35)36/h16-17H,5-15H2,1-4H3,(H,35,36)(H,27,28,30)(H,29,31,34). The number of aryl methyl sites for hydroxylation is 1. The number of nitrogens with one attached hydrogen (secondary N) is 2. The SMILES string of the molecule is CC(C)CC(CC1=NC(C)(C)C(=O)N1)Nc1nc(N2CCC3(CN(C(=O)O)C3)C2)nc2c1CCCC2. The third-order valence-corrected chi connectivity index (χ3v) is 7.98. The quantitative estimate of drug-likeness (QED) is 0.529. The molecule has 0 bridgehead atoms. The van der Waals surface area contributed by atoms with Crippen molar-refractivity contribution in [3.8, 4) is 0 Å². The summed E-state index contributed by atoms with van der Waals surface area (Å²) in [5.74, 6) is 2.81. The van der Waals surface area contributed by atoms with Crippen LogP contribution in [0.15, 0.2) is 4.99 Å². The lowest BCUT2D eigenvalue weighted by atomic mass is 9.79. The van der Waals surface area contributed by atoms with E-state index < -0.39 is 11.6 Å². The van der Waals surface area contributed by atoms with E-state index in [9.17, 15) is 14.7 Å². The van der Waals surface area contributed by atoms with Crippen LogP contribution in [0.3, 0.4) is 0 Å². The van der Waals surface area contributed by atoms with E-state index in [4.69, 9.17) is 9.97 Å². The Kier molecular flexibility index (Phi) is 6.32. The molecule has 0 radical (unpaired) electrons. The predicted octanol–water partition coefficient (Wildman–Crippen LogP) is 3.07. The molecule has 1 aromatic rings. The largest absolute Gasteiger partial charge is 0.465 e. The summed E-state index contributed by atoms with van der Waals surface area (Å²) in [7, 11) is 0. The van der Waals surface area contributed by atoms with Crippen molar-refractivity contribution in [2.75, 3.05) is 36.4 Å². The number of likely N-dealkylation sites (tertiary alicyclic amines) is 1. The third kappa shape index (κ3) is 4.86. The van der Waals surface area contributed by atoms with Crippen molar-refractivity contribution in [2.24, 2.45) is 16.3 Å². The van der Waals surface area contributed by atoms with Gasteiger partial charge in [-0.1, -0.05) is 13.8 Å². The van der Waals surface area contributed by atoms with Crippen molar-refractivity contribution in [1.29, 1.82) is 0 Å². The highest BCUT2D eigenvalue weighted by atomic mass is 16.4. The maximum Gasteiger partial charge on any atom is 0.407 e. The van der Waals surface area contributed by atoms with Crippen molar-refractivity contribution in [2.45, 2.75) is 84.2 Å². The minimum atomic E-state index is -0.835. The van der Waals surface area contributed by atoms with Gasteiger partial charge in [-0.3, -0.25) is 9.79 Å². The number of aromatic nitrogens is 2. The molecule has 2 amide bonds. The molecule has 1 atom stereocenters. The van der Waals surface area contributed by atoms with Crippen LogP contribution in [0, 0.1) is 11.3 Å². The highest BCUT2D eigenvalue weighted by Crippen LogP contribution is 2.41. The molecule has 0 saturated carbocycles. The Balaban J connectivity index is 1.37. The second-order valence-electron chi connectivity index (χ2n) is 12.1. The summed E-state index contributed by atoms with van der Waals surface area (Å²) < 4.78 is 0. The van der Waals surface area contributed by atoms with Gasteiger partial charge in [0.15, 0.2) is 0 Å². The van der Waals surface area contributed by atoms with Gasteiger partial charge < -0.3 is 25.5 Å². The number of amides is 2. The van der Waals surface area contributed by atoms with Crippen LogP contribution in [0.1, 0.15) is 71.1 Å². The number of fused-ring (bicyclic) bond motifs is 1. The van der Waals surface area contributed by atoms with Gasteiger partial charge in [-0.05, 0) is 58.3 Å². The van der Waals surface area contributed by atoms with E-state index in [1.807, 2.05) is 13.8 Å². The van der Waals surface area contributed by atoms with Crippen LogP contribution in [0.2, 0.25) is 0 Å². The minimum Gasteiger partial charge on any atom is -0.465 e. The molecule has 36 heavy (non-hydrogen) atoms. The zero-order chi connectivity index (χ0) is 25.7. The molecular formula is C26H39N7O3. The fraction of sp³-hybridized carbons (Fsp3) is 0.731. The maximum atomic E-state index is 12.3. The Bertz CT molecular complexity index is 1080. The summed E-state index contributed by atoms with van der Waals surface area (Å²) in [5.41, 5.74) is 1.65. The van der Waals surface area contributed by atoms with Crippen LogP contribution >= 0.6 is 0 Å². The van der Waals surface area contributed by atoms with Gasteiger partial charge in [0.1, 0.15) is 17.2 Å². The van der Waals surface area contributed by atoms with Gasteiger partial charge in [-0.25, -0.2) is 9.78 Å². The first-order valence-corrected chi connectivity index (χ1v) is 13.3. The van der Waals surface area contributed by atoms with Gasteiger partial charge in [0, 0.05) is 49.6 Å². The van der Waals surface area contributed by atoms with Crippen molar-refractivity contribution in [3.05, 3.63) is 11.3 Å². The molecule has 4 aliphatic rings. The number of amidine groups is 1. The third-order valence-electron chi connectivity index (χ3n) is 7.98. The number of rotatable bonds is 7. The number of hydrogen-bond donors (Lipinski definition) is 3. The van der Waals surface area contributed by atoms with E-state index in [-0.39, 0.29) is 17.4 Å². The van der Waals surface area contributed by atoms with Crippen molar-refractivity contribution in [1.82, 2.24) is 20.2 Å². The number of anilines is 2. The normalized spacial score (nSPS) is 22.8. The molecule has 1 unspecified atom stereocenters. The van der Waals surface area contributed by atoms with Gasteiger partial charge in [-0.2, -0.15) is 4.98 Å². The van der Waals surface area contributed by atoms with E-state index in [1.165, 1.54) is 10.5 Å². The van der Waals surface area contributed by atoms with E-state index in [2.05, 4.69) is 34.4 Å². The van der Waals surface area contributed by atoms with Crippen LogP contribution < -0.4 is 15.5 Å². The molecule has 196 valence electrons. The molecule has 5 rings (SSSR count). The summed E-state index contributed by atoms with van der Waals surface area (Å²) >= 11 is 0. The number of hydrogen-bond acceptors (Lipinski definition) is 7. The number of carbonyl (C=O) groups excluding carboxylic acids is 1. The first-order valence-electron chi connectivity index (χ1n) is 13.3. The molecular weight excluding hydrogens is 458 g/mol. The van der Waals surface area contributed by atoms with Gasteiger partial charge in [0.05, 0.1) is 5.69 Å². The Morgan fingerprint density at radius 3 is 2.58 bits per heavy atom. The number of carbonyl (C=O) groups is 2. The number of carboxylic acid groups (broad SMARTS) is 1. The minimum absolute atomic E-state index is 0.0249. The summed E-state index contributed by atoms with van der Waals surface area (Å²) in [4.78, 5) is 42.0. The van der Waals surface area contributed by atoms with Gasteiger partial charge >= 0.3 is 6.09 Å². The fourth-order valence-corrected chi connectivity index (χ4v) is 6.09. The van der Waals surface area contributed by atoms with Crippen LogP contribution in [-0.4, -0.2) is 75.6 Å². The lowest BCUT2D eigenvalue weighted by molar-refractivity contribution is -0.122. The van der Waals surface area contributed by atoms with Crippen molar-refractivity contribution in [3.63, 3.8) is 0 Å². The van der Waals surface area contributed by atoms with Crippen LogP contribution in [0.4, 0.5) is 16.6 Å². The highest BCUT2D eigenvalue weighted by Gasteiger charge is 2.50. The van der Waals surface area contributed by atoms with E-state index >= 15 is 0 Å². The van der Waals surface area contributed by atoms with Crippen LogP contribution in [0.25, 0.3) is 0 Å². The first kappa shape index (κ1) is 24.8. The smallest absolute Gasteiger partial charge is 0.407 e. The molecule has 10 heteroatoms. The molecule has 1 aliphatic carbocycles. The van der Waals surface area contributed by atoms with Gasteiger partial charge in [0.2, 0.25) is 5.95 Å². The molecule has 3 aliphatic heterocycles. The lowest BCUT2D eigenvalue weighted by Crippen LogP contribution is -2.59. The first-order chi connectivity index (χ1) is 17.0. The summed E-state index contributed by atoms with van der Waals surface area (Å²) in [6.07, 6.45) is 5.89. The van der Waals surface area contributed by atoms with E-state index in [1.54, 1.807) is 0 Å². The molecule has 2 fully saturated rings. The molecule has 1 aromatic heterocycles. The lowest BCUT2D eigenvalue weighted by Gasteiger charge is -2.46. The second-order valence-corrected chi connectivity index (χ2v) is 12.1. The monoisotopic (exact) mass is 497 g/mol. The van der Waals surface area contributed by atoms with E-state index in [0.29, 0.717) is 25.4 Å². The Morgan fingerprint density at radius 1 is 1.17 bits per heavy atom. The summed E-state index contributed by atoms with van der Waals surface area (Å²) in [5, 5.41) is 16.0. The summed E-state index contributed by atoms with van der Waals surface area (Å²) in [6.45, 7) is 10.9. The second kappa shape index (κ2) is 9.19. The van der Waals surface area contributed by atoms with Crippen LogP contribution in [-0.2, 0) is 17.6 Å². The zero-order valence-corrected chi connectivity index (χ0v) is 21.9. The molecule has 4 heterocycles. The Labute approximate surface area is 213 Å². The topological polar surface area (TPSA) is 123 Å². The average Bonchev–Trinajstić information content (AvgIpc) is 3.33. The van der Waals surface area contributed by atoms with Crippen LogP contribution in [0.5, 0.6) is 0 Å². The summed E-state index contributed by atoms with van der Waals surface area (Å²) in [6, 6.07) is 0.0902. The highest BCUT2D eigenvalue weighted by molar-refractivity contribution is 6.08.